The van der Waals surface area contributed by atoms with Gasteiger partial charge in [0.05, 0.1) is 12.2 Å². The molecule has 0 aromatic heterocycles. The highest BCUT2D eigenvalue weighted by Gasteiger charge is 2.44. The summed E-state index contributed by atoms with van der Waals surface area (Å²) in [6.45, 7) is 6.20. The van der Waals surface area contributed by atoms with Crippen LogP contribution in [0.15, 0.2) is 0 Å². The molecule has 10 heavy (non-hydrogen) atoms. The summed E-state index contributed by atoms with van der Waals surface area (Å²) in [5.41, 5.74) is 0. The first-order chi connectivity index (χ1) is 4.75. The Labute approximate surface area is 61.5 Å². The minimum atomic E-state index is -0.0370. The molecule has 0 N–H and O–H groups in total. The minimum absolute atomic E-state index is 0.0370. The van der Waals surface area contributed by atoms with Gasteiger partial charge in [0.15, 0.2) is 0 Å². The van der Waals surface area contributed by atoms with Crippen molar-refractivity contribution in [2.45, 2.75) is 26.1 Å². The third-order valence-electron chi connectivity index (χ3n) is 1.98. The molecule has 2 saturated heterocycles. The molecule has 2 fully saturated rings. The van der Waals surface area contributed by atoms with E-state index < -0.39 is 0 Å². The van der Waals surface area contributed by atoms with E-state index in [0.717, 1.165) is 13.1 Å². The summed E-state index contributed by atoms with van der Waals surface area (Å²) in [5, 5.41) is 0. The highest BCUT2D eigenvalue weighted by molar-refractivity contribution is 6.42. The predicted molar refractivity (Wildman–Crippen MR) is 38.4 cm³/mol. The highest BCUT2D eigenvalue weighted by Crippen LogP contribution is 2.21. The largest absolute Gasteiger partial charge is 0.558 e. The molecule has 2 aliphatic heterocycles. The van der Waals surface area contributed by atoms with E-state index in [1.165, 1.54) is 0 Å². The smallest absolute Gasteiger partial charge is 0.393 e. The zero-order valence-corrected chi connectivity index (χ0v) is 6.41. The van der Waals surface area contributed by atoms with Crippen molar-refractivity contribution in [3.05, 3.63) is 0 Å². The van der Waals surface area contributed by atoms with Crippen molar-refractivity contribution in [3.63, 3.8) is 0 Å². The summed E-state index contributed by atoms with van der Waals surface area (Å²) >= 11 is 0. The summed E-state index contributed by atoms with van der Waals surface area (Å²) in [6, 6.07) is 0. The van der Waals surface area contributed by atoms with Gasteiger partial charge in [-0.25, -0.2) is 0 Å². The fourth-order valence-corrected chi connectivity index (χ4v) is 1.59. The number of hydrogen-bond acceptors (Lipinski definition) is 3. The Hall–Kier alpha value is -0.0551. The first kappa shape index (κ1) is 6.64. The highest BCUT2D eigenvalue weighted by atomic mass is 16.6. The topological polar surface area (TPSA) is 21.7 Å². The molecule has 4 heteroatoms. The lowest BCUT2D eigenvalue weighted by atomic mass is 10.1. The Morgan fingerprint density at radius 3 is 2.10 bits per heavy atom. The molecule has 0 radical (unpaired) electrons. The third kappa shape index (κ3) is 0.963. The zero-order valence-electron chi connectivity index (χ0n) is 6.41. The molecule has 0 aromatic carbocycles. The van der Waals surface area contributed by atoms with Gasteiger partial charge in [0.25, 0.3) is 0 Å². The molecule has 0 aliphatic carbocycles. The van der Waals surface area contributed by atoms with Gasteiger partial charge in [0, 0.05) is 13.1 Å². The Kier molecular flexibility index (Phi) is 1.48. The average molecular weight is 141 g/mol. The Bertz CT molecular complexity index is 116. The standard InChI is InChI=1S/C6H12BNO2/c1-5-3-8-4-6(2)10-7(8)9-5/h5-6H,3-4H2,1-2H3. The molecule has 0 amide bonds. The van der Waals surface area contributed by atoms with E-state index in [1.807, 2.05) is 0 Å². The fourth-order valence-electron chi connectivity index (χ4n) is 1.59. The lowest BCUT2D eigenvalue weighted by Crippen LogP contribution is -2.28. The van der Waals surface area contributed by atoms with Crippen LogP contribution < -0.4 is 0 Å². The summed E-state index contributed by atoms with van der Waals surface area (Å²) in [7, 11) is -0.0370. The fraction of sp³-hybridized carbons (Fsp3) is 1.00. The van der Waals surface area contributed by atoms with Crippen molar-refractivity contribution in [1.82, 2.24) is 4.81 Å². The second kappa shape index (κ2) is 2.22. The lowest BCUT2D eigenvalue weighted by Gasteiger charge is -2.07. The molecule has 0 bridgehead atoms. The van der Waals surface area contributed by atoms with E-state index in [4.69, 9.17) is 9.31 Å². The van der Waals surface area contributed by atoms with E-state index in [9.17, 15) is 0 Å². The van der Waals surface area contributed by atoms with Crippen LogP contribution in [0.4, 0.5) is 0 Å². The van der Waals surface area contributed by atoms with E-state index in [1.54, 1.807) is 0 Å². The molecule has 56 valence electrons. The zero-order chi connectivity index (χ0) is 7.14. The Morgan fingerprint density at radius 1 is 1.20 bits per heavy atom. The van der Waals surface area contributed by atoms with Gasteiger partial charge in [-0.15, -0.1) is 0 Å². The van der Waals surface area contributed by atoms with E-state index in [0.29, 0.717) is 12.2 Å². The van der Waals surface area contributed by atoms with Crippen LogP contribution in [-0.4, -0.2) is 37.4 Å². The van der Waals surface area contributed by atoms with Crippen LogP contribution in [0.25, 0.3) is 0 Å². The first-order valence-electron chi connectivity index (χ1n) is 3.80. The van der Waals surface area contributed by atoms with Gasteiger partial charge < -0.3 is 9.31 Å². The number of rotatable bonds is 0. The molecule has 2 aliphatic rings. The normalized spacial score (nSPS) is 40.8. The molecule has 2 unspecified atom stereocenters. The molecule has 0 aromatic rings. The summed E-state index contributed by atoms with van der Waals surface area (Å²) in [6.07, 6.45) is 0.690. The van der Waals surface area contributed by atoms with Gasteiger partial charge in [-0.3, -0.25) is 4.81 Å². The SMILES string of the molecule is CC1CN2CC(C)OB2O1. The second-order valence-electron chi connectivity index (χ2n) is 3.15. The third-order valence-corrected chi connectivity index (χ3v) is 1.98. The van der Waals surface area contributed by atoms with E-state index in [-0.39, 0.29) is 7.25 Å². The van der Waals surface area contributed by atoms with Crippen LogP contribution >= 0.6 is 0 Å². The van der Waals surface area contributed by atoms with Gasteiger partial charge in [-0.2, -0.15) is 0 Å². The van der Waals surface area contributed by atoms with Gasteiger partial charge in [0.2, 0.25) is 0 Å². The maximum absolute atomic E-state index is 5.46. The summed E-state index contributed by atoms with van der Waals surface area (Å²) in [5.74, 6) is 0. The van der Waals surface area contributed by atoms with Crippen LogP contribution in [0.5, 0.6) is 0 Å². The monoisotopic (exact) mass is 141 g/mol. The molecular weight excluding hydrogens is 129 g/mol. The molecular formula is C6H12BNO2. The van der Waals surface area contributed by atoms with E-state index >= 15 is 0 Å². The summed E-state index contributed by atoms with van der Waals surface area (Å²) in [4.78, 5) is 2.23. The van der Waals surface area contributed by atoms with Crippen molar-refractivity contribution in [2.75, 3.05) is 13.1 Å². The summed E-state index contributed by atoms with van der Waals surface area (Å²) < 4.78 is 10.9. The van der Waals surface area contributed by atoms with Gasteiger partial charge >= 0.3 is 7.25 Å². The van der Waals surface area contributed by atoms with Crippen molar-refractivity contribution in [1.29, 1.82) is 0 Å². The average Bonchev–Trinajstić information content (AvgIpc) is 2.21. The van der Waals surface area contributed by atoms with Crippen molar-refractivity contribution in [3.8, 4) is 0 Å². The second-order valence-corrected chi connectivity index (χ2v) is 3.15. The molecule has 2 heterocycles. The van der Waals surface area contributed by atoms with Gasteiger partial charge in [0.1, 0.15) is 0 Å². The maximum Gasteiger partial charge on any atom is 0.558 e. The maximum atomic E-state index is 5.46. The first-order valence-corrected chi connectivity index (χ1v) is 3.80. The lowest BCUT2D eigenvalue weighted by molar-refractivity contribution is 0.157. The van der Waals surface area contributed by atoms with Crippen molar-refractivity contribution >= 4 is 7.25 Å². The van der Waals surface area contributed by atoms with E-state index in [2.05, 4.69) is 18.7 Å². The quantitative estimate of drug-likeness (QED) is 0.447. The molecule has 2 rings (SSSR count). The van der Waals surface area contributed by atoms with Crippen LogP contribution in [0.2, 0.25) is 0 Å². The van der Waals surface area contributed by atoms with Gasteiger partial charge in [-0.05, 0) is 13.8 Å². The number of nitrogens with zero attached hydrogens (tertiary/aromatic N) is 1. The van der Waals surface area contributed by atoms with Gasteiger partial charge in [-0.1, -0.05) is 0 Å². The minimum Gasteiger partial charge on any atom is -0.393 e. The Balaban J connectivity index is 2.00. The molecule has 3 nitrogen and oxygen atoms in total. The van der Waals surface area contributed by atoms with Crippen molar-refractivity contribution < 1.29 is 9.31 Å². The molecule has 2 atom stereocenters. The predicted octanol–water partition coefficient (Wildman–Crippen LogP) is 0.111. The number of fused-ring (bicyclic) bond motifs is 1. The van der Waals surface area contributed by atoms with Crippen LogP contribution in [-0.2, 0) is 9.31 Å². The molecule has 0 spiro atoms. The van der Waals surface area contributed by atoms with Crippen LogP contribution in [0, 0.1) is 0 Å². The van der Waals surface area contributed by atoms with Crippen molar-refractivity contribution in [2.24, 2.45) is 0 Å². The van der Waals surface area contributed by atoms with Crippen LogP contribution in [0.1, 0.15) is 13.8 Å². The Morgan fingerprint density at radius 2 is 1.70 bits per heavy atom. The van der Waals surface area contributed by atoms with Crippen LogP contribution in [0.3, 0.4) is 0 Å². The molecule has 0 saturated carbocycles. The number of hydrogen-bond donors (Lipinski definition) is 0.